The fraction of sp³-hybridized carbons (Fsp3) is 0. The Kier molecular flexibility index (Phi) is 341. The van der Waals surface area contributed by atoms with E-state index >= 15 is 0 Å². The van der Waals surface area contributed by atoms with Crippen molar-refractivity contribution in [3.8, 4) is 0 Å². The molecule has 0 nitrogen and oxygen atoms in total. The van der Waals surface area contributed by atoms with E-state index in [1.165, 1.54) is 0 Å². The van der Waals surface area contributed by atoms with Gasteiger partial charge in [-0.15, -0.1) is 0 Å². The fourth-order valence-electron chi connectivity index (χ4n) is 0. The summed E-state index contributed by atoms with van der Waals surface area (Å²) in [5.74, 6) is 0. The first-order chi connectivity index (χ1) is 0. The van der Waals surface area contributed by atoms with E-state index in [0.29, 0.717) is 0 Å². The molecule has 5 heteroatoms. The van der Waals surface area contributed by atoms with Crippen LogP contribution in [0.4, 0.5) is 0 Å². The van der Waals surface area contributed by atoms with E-state index in [-0.39, 0.29) is 81.6 Å². The van der Waals surface area contributed by atoms with Gasteiger partial charge in [-0.25, -0.2) is 0 Å². The van der Waals surface area contributed by atoms with Crippen LogP contribution in [-0.4, -0.2) is 11.0 Å². The van der Waals surface area contributed by atoms with E-state index in [2.05, 4.69) is 0 Å². The minimum absolute atomic E-state index is 0. The summed E-state index contributed by atoms with van der Waals surface area (Å²) in [5.41, 5.74) is 0. The second kappa shape index (κ2) is 32.4. The van der Waals surface area contributed by atoms with Gasteiger partial charge in [-0.1, -0.05) is 0 Å². The summed E-state index contributed by atoms with van der Waals surface area (Å²) in [6, 6.07) is 0. The summed E-state index contributed by atoms with van der Waals surface area (Å²) in [6.45, 7) is 0. The van der Waals surface area contributed by atoms with Crippen LogP contribution in [0.5, 0.6) is 0 Å². The Hall–Kier alpha value is 2.40. The topological polar surface area (TPSA) is 0 Å². The van der Waals surface area contributed by atoms with Crippen LogP contribution < -0.4 is 0 Å². The molecule has 0 aromatic carbocycles. The van der Waals surface area contributed by atoms with Crippen LogP contribution in [0.3, 0.4) is 0 Å². The zero-order valence-electron chi connectivity index (χ0n) is 2.24. The smallest absolute Gasteiger partial charge is 0 e. The van der Waals surface area contributed by atoms with E-state index in [4.69, 9.17) is 0 Å². The average molecular weight is 268 g/mol. The molecule has 0 aromatic heterocycles. The summed E-state index contributed by atoms with van der Waals surface area (Å²) in [4.78, 5) is 0. The molecule has 5 heavy (non-hydrogen) atoms. The SMILES string of the molecule is [Cu].[Fe].[Mn].[Si].[Zn]. The van der Waals surface area contributed by atoms with Crippen LogP contribution in [-0.2, 0) is 70.7 Å². The minimum Gasteiger partial charge on any atom is 0 e. The van der Waals surface area contributed by atoms with Gasteiger partial charge in [-0.3, -0.25) is 0 Å². The van der Waals surface area contributed by atoms with Crippen LogP contribution in [0.25, 0.3) is 0 Å². The Morgan fingerprint density at radius 2 is 1.00 bits per heavy atom. The largest absolute Gasteiger partial charge is 0 e. The number of rotatable bonds is 0. The Bertz CT molecular complexity index is 11.6. The van der Waals surface area contributed by atoms with Crippen molar-refractivity contribution in [2.45, 2.75) is 0 Å². The van der Waals surface area contributed by atoms with Gasteiger partial charge in [0.05, 0.1) is 0 Å². The molecule has 0 fully saturated rings. The first kappa shape index (κ1) is 52.6. The summed E-state index contributed by atoms with van der Waals surface area (Å²) in [6.07, 6.45) is 0. The van der Waals surface area contributed by atoms with Crippen molar-refractivity contribution in [2.24, 2.45) is 0 Å². The molecule has 0 atom stereocenters. The Morgan fingerprint density at radius 1 is 1.00 bits per heavy atom. The third-order valence-electron chi connectivity index (χ3n) is 0. The first-order valence-electron chi connectivity index (χ1n) is 0. The Morgan fingerprint density at radius 3 is 1.00 bits per heavy atom. The molecular weight excluding hydrogens is 268 g/mol. The second-order valence-electron chi connectivity index (χ2n) is 0. The molecule has 0 aromatic rings. The van der Waals surface area contributed by atoms with Crippen LogP contribution in [0.2, 0.25) is 0 Å². The van der Waals surface area contributed by atoms with E-state index in [1.807, 2.05) is 0 Å². The predicted octanol–water partition coefficient (Wildman–Crippen LogP) is -0.391. The summed E-state index contributed by atoms with van der Waals surface area (Å²) in [5, 5.41) is 0. The standard InChI is InChI=1S/Cu.Fe.Mn.Si.Zn. The van der Waals surface area contributed by atoms with Crippen molar-refractivity contribution >= 4 is 11.0 Å². The van der Waals surface area contributed by atoms with Crippen molar-refractivity contribution in [3.63, 3.8) is 0 Å². The molecule has 0 spiro atoms. The molecule has 0 bridgehead atoms. The molecule has 0 rings (SSSR count). The molecule has 0 heterocycles. The Balaban J connectivity index is 0. The maximum atomic E-state index is 0. The molecule has 0 amide bonds. The van der Waals surface area contributed by atoms with Crippen LogP contribution in [0, 0.1) is 0 Å². The molecule has 0 N–H and O–H groups in total. The van der Waals surface area contributed by atoms with Crippen LogP contribution in [0.15, 0.2) is 0 Å². The van der Waals surface area contributed by atoms with E-state index < -0.39 is 0 Å². The summed E-state index contributed by atoms with van der Waals surface area (Å²) in [7, 11) is 0. The van der Waals surface area contributed by atoms with Gasteiger partial charge in [0.2, 0.25) is 0 Å². The van der Waals surface area contributed by atoms with Gasteiger partial charge in [0.15, 0.2) is 0 Å². The number of hydrogen-bond donors (Lipinski definition) is 0. The normalized spacial score (nSPS) is 0. The first-order valence-corrected chi connectivity index (χ1v) is 0. The van der Waals surface area contributed by atoms with Gasteiger partial charge in [-0.2, -0.15) is 0 Å². The third kappa shape index (κ3) is 21.5. The van der Waals surface area contributed by atoms with Crippen molar-refractivity contribution < 1.29 is 70.7 Å². The molecule has 32 valence electrons. The van der Waals surface area contributed by atoms with Gasteiger partial charge in [-0.05, 0) is 0 Å². The molecule has 0 aliphatic carbocycles. The van der Waals surface area contributed by atoms with E-state index in [0.717, 1.165) is 0 Å². The third-order valence-corrected chi connectivity index (χ3v) is 0. The van der Waals surface area contributed by atoms with Gasteiger partial charge in [0, 0.05) is 81.6 Å². The molecule has 0 saturated heterocycles. The molecular formula is CuFeMnSiZn. The van der Waals surface area contributed by atoms with Crippen LogP contribution >= 0.6 is 0 Å². The average Bonchev–Trinajstić information content (AvgIpc) is 0. The van der Waals surface area contributed by atoms with Crippen molar-refractivity contribution in [3.05, 3.63) is 0 Å². The van der Waals surface area contributed by atoms with Crippen molar-refractivity contribution in [1.82, 2.24) is 0 Å². The quantitative estimate of drug-likeness (QED) is 0.525. The van der Waals surface area contributed by atoms with Gasteiger partial charge < -0.3 is 0 Å². The maximum Gasteiger partial charge on any atom is 0 e. The van der Waals surface area contributed by atoms with Gasteiger partial charge in [0.1, 0.15) is 0 Å². The predicted molar refractivity (Wildman–Crippen MR) is 5.75 cm³/mol. The Labute approximate surface area is 80.8 Å². The monoisotopic (exact) mass is 266 g/mol. The molecule has 0 unspecified atom stereocenters. The van der Waals surface area contributed by atoms with Crippen LogP contribution in [0.1, 0.15) is 0 Å². The molecule has 0 aliphatic heterocycles. The summed E-state index contributed by atoms with van der Waals surface area (Å²) >= 11 is 0. The van der Waals surface area contributed by atoms with E-state index in [1.54, 1.807) is 0 Å². The van der Waals surface area contributed by atoms with E-state index in [9.17, 15) is 0 Å². The van der Waals surface area contributed by atoms with Gasteiger partial charge in [0.25, 0.3) is 0 Å². The van der Waals surface area contributed by atoms with Gasteiger partial charge >= 0.3 is 0 Å². The minimum atomic E-state index is 0. The zero-order chi connectivity index (χ0) is 0. The second-order valence-corrected chi connectivity index (χ2v) is 0. The molecule has 6 radical (unpaired) electrons. The molecule has 0 aliphatic rings. The maximum absolute atomic E-state index is 0. The summed E-state index contributed by atoms with van der Waals surface area (Å²) < 4.78 is 0. The zero-order valence-corrected chi connectivity index (χ0v) is 9.43. The van der Waals surface area contributed by atoms with Crippen molar-refractivity contribution in [2.75, 3.05) is 0 Å². The number of hydrogen-bond acceptors (Lipinski definition) is 0. The molecule has 0 saturated carbocycles. The fourth-order valence-corrected chi connectivity index (χ4v) is 0. The van der Waals surface area contributed by atoms with Crippen molar-refractivity contribution in [1.29, 1.82) is 0 Å².